The second kappa shape index (κ2) is 5.43. The fourth-order valence-electron chi connectivity index (χ4n) is 3.36. The topological polar surface area (TPSA) is 75.4 Å². The monoisotopic (exact) mass is 325 g/mol. The summed E-state index contributed by atoms with van der Waals surface area (Å²) < 4.78 is 6.01. The summed E-state index contributed by atoms with van der Waals surface area (Å²) in [5.74, 6) is 0.889. The van der Waals surface area contributed by atoms with E-state index in [0.717, 1.165) is 41.1 Å². The highest BCUT2D eigenvalue weighted by atomic mass is 16.3. The molecule has 1 aliphatic rings. The summed E-state index contributed by atoms with van der Waals surface area (Å²) in [6.07, 6.45) is 1.57. The summed E-state index contributed by atoms with van der Waals surface area (Å²) in [5, 5.41) is 0.946. The smallest absolute Gasteiger partial charge is 0.229 e. The number of hydrogen-bond acceptors (Lipinski definition) is 6. The number of hydrogen-bond donors (Lipinski definition) is 0. The summed E-state index contributed by atoms with van der Waals surface area (Å²) in [6.45, 7) is 8.44. The molecule has 0 N–H and O–H groups in total. The molecule has 3 aromatic heterocycles. The minimum atomic E-state index is 0.113. The molecule has 0 bridgehead atoms. The fraction of sp³-hybridized carbons (Fsp3) is 0.412. The van der Waals surface area contributed by atoms with Crippen molar-refractivity contribution in [3.05, 3.63) is 23.7 Å². The van der Waals surface area contributed by atoms with Gasteiger partial charge in [0.25, 0.3) is 0 Å². The van der Waals surface area contributed by atoms with Gasteiger partial charge in [-0.15, -0.1) is 0 Å². The first-order valence-electron chi connectivity index (χ1n) is 8.06. The van der Waals surface area contributed by atoms with Gasteiger partial charge < -0.3 is 14.2 Å². The number of piperazine rings is 1. The number of anilines is 1. The van der Waals surface area contributed by atoms with Crippen LogP contribution in [0.3, 0.4) is 0 Å². The highest BCUT2D eigenvalue weighted by molar-refractivity contribution is 6.06. The Morgan fingerprint density at radius 3 is 2.62 bits per heavy atom. The van der Waals surface area contributed by atoms with Gasteiger partial charge in [0, 0.05) is 38.8 Å². The minimum Gasteiger partial charge on any atom is -0.432 e. The molecule has 124 valence electrons. The maximum absolute atomic E-state index is 11.5. The van der Waals surface area contributed by atoms with Crippen LogP contribution >= 0.6 is 0 Å². The van der Waals surface area contributed by atoms with Crippen LogP contribution < -0.4 is 4.90 Å². The average Bonchev–Trinajstić information content (AvgIpc) is 2.93. The van der Waals surface area contributed by atoms with E-state index in [0.29, 0.717) is 24.4 Å². The number of carbonyl (C=O) groups is 1. The van der Waals surface area contributed by atoms with Crippen molar-refractivity contribution in [1.82, 2.24) is 19.9 Å². The Morgan fingerprint density at radius 1 is 1.17 bits per heavy atom. The molecule has 7 nitrogen and oxygen atoms in total. The van der Waals surface area contributed by atoms with Crippen molar-refractivity contribution in [3.8, 4) is 0 Å². The van der Waals surface area contributed by atoms with E-state index in [9.17, 15) is 4.79 Å². The van der Waals surface area contributed by atoms with E-state index in [-0.39, 0.29) is 5.91 Å². The Balaban J connectivity index is 1.80. The molecule has 1 saturated heterocycles. The number of pyridine rings is 1. The normalized spacial score (nSPS) is 15.5. The fourth-order valence-corrected chi connectivity index (χ4v) is 3.36. The molecule has 0 unspecified atom stereocenters. The van der Waals surface area contributed by atoms with Crippen LogP contribution in [0.25, 0.3) is 22.2 Å². The van der Waals surface area contributed by atoms with Crippen LogP contribution in [0.1, 0.15) is 18.2 Å². The number of fused-ring (bicyclic) bond motifs is 3. The largest absolute Gasteiger partial charge is 0.432 e. The summed E-state index contributed by atoms with van der Waals surface area (Å²) in [6, 6.07) is 2.03. The van der Waals surface area contributed by atoms with Gasteiger partial charge >= 0.3 is 0 Å². The Hall–Kier alpha value is -2.70. The van der Waals surface area contributed by atoms with E-state index in [2.05, 4.69) is 19.9 Å². The molecule has 1 amide bonds. The minimum absolute atomic E-state index is 0.113. The molecule has 0 atom stereocenters. The third kappa shape index (κ3) is 2.28. The maximum Gasteiger partial charge on any atom is 0.229 e. The molecule has 1 fully saturated rings. The lowest BCUT2D eigenvalue weighted by Crippen LogP contribution is -2.48. The van der Waals surface area contributed by atoms with Crippen molar-refractivity contribution >= 4 is 33.9 Å². The summed E-state index contributed by atoms with van der Waals surface area (Å²) in [7, 11) is 0. The van der Waals surface area contributed by atoms with Crippen LogP contribution in [0.5, 0.6) is 0 Å². The number of aromatic nitrogens is 3. The van der Waals surface area contributed by atoms with Crippen molar-refractivity contribution in [1.29, 1.82) is 0 Å². The Bertz CT molecular complexity index is 941. The lowest BCUT2D eigenvalue weighted by molar-refractivity contribution is -0.129. The third-order valence-electron chi connectivity index (χ3n) is 4.56. The predicted molar refractivity (Wildman–Crippen MR) is 91.0 cm³/mol. The maximum atomic E-state index is 11.5. The zero-order valence-electron chi connectivity index (χ0n) is 14.0. The van der Waals surface area contributed by atoms with E-state index >= 15 is 0 Å². The van der Waals surface area contributed by atoms with Gasteiger partial charge in [-0.05, 0) is 25.5 Å². The first-order valence-corrected chi connectivity index (χ1v) is 8.06. The predicted octanol–water partition coefficient (Wildman–Crippen LogP) is 2.06. The van der Waals surface area contributed by atoms with Crippen molar-refractivity contribution in [2.75, 3.05) is 31.1 Å². The van der Waals surface area contributed by atoms with Crippen LogP contribution in [0, 0.1) is 13.8 Å². The van der Waals surface area contributed by atoms with Gasteiger partial charge in [-0.3, -0.25) is 4.79 Å². The zero-order valence-corrected chi connectivity index (χ0v) is 14.0. The van der Waals surface area contributed by atoms with Gasteiger partial charge in [0.15, 0.2) is 11.4 Å². The van der Waals surface area contributed by atoms with E-state index in [1.807, 2.05) is 24.8 Å². The number of amides is 1. The van der Waals surface area contributed by atoms with Crippen molar-refractivity contribution in [2.45, 2.75) is 20.8 Å². The highest BCUT2D eigenvalue weighted by Gasteiger charge is 2.24. The standard InChI is InChI=1S/C17H19N5O2/c1-10-8-11(2)20-17-13(10)14-15(24-17)16(19-9-18-14)22-6-4-21(5-7-22)12(3)23/h8-9H,4-7H2,1-3H3. The highest BCUT2D eigenvalue weighted by Crippen LogP contribution is 2.33. The summed E-state index contributed by atoms with van der Waals surface area (Å²) >= 11 is 0. The number of rotatable bonds is 1. The molecule has 4 heterocycles. The molecular weight excluding hydrogens is 306 g/mol. The Kier molecular flexibility index (Phi) is 3.37. The summed E-state index contributed by atoms with van der Waals surface area (Å²) in [5.41, 5.74) is 4.09. The van der Waals surface area contributed by atoms with Crippen LogP contribution in [-0.2, 0) is 4.79 Å². The van der Waals surface area contributed by atoms with Gasteiger partial charge in [0.05, 0.1) is 5.39 Å². The molecule has 4 rings (SSSR count). The zero-order chi connectivity index (χ0) is 16.8. The molecule has 24 heavy (non-hydrogen) atoms. The lowest BCUT2D eigenvalue weighted by atomic mass is 10.1. The quantitative estimate of drug-likeness (QED) is 0.682. The van der Waals surface area contributed by atoms with E-state index in [4.69, 9.17) is 4.42 Å². The molecule has 0 aliphatic carbocycles. The molecule has 0 saturated carbocycles. The molecule has 1 aliphatic heterocycles. The van der Waals surface area contributed by atoms with Crippen molar-refractivity contribution < 1.29 is 9.21 Å². The number of aryl methyl sites for hydroxylation is 2. The molecule has 0 spiro atoms. The Morgan fingerprint density at radius 2 is 1.92 bits per heavy atom. The first-order chi connectivity index (χ1) is 11.5. The molecular formula is C17H19N5O2. The lowest BCUT2D eigenvalue weighted by Gasteiger charge is -2.34. The van der Waals surface area contributed by atoms with Gasteiger partial charge in [-0.25, -0.2) is 15.0 Å². The summed E-state index contributed by atoms with van der Waals surface area (Å²) in [4.78, 5) is 28.8. The second-order valence-electron chi connectivity index (χ2n) is 6.23. The van der Waals surface area contributed by atoms with E-state index in [1.165, 1.54) is 0 Å². The van der Waals surface area contributed by atoms with Gasteiger partial charge in [-0.2, -0.15) is 0 Å². The number of carbonyl (C=O) groups excluding carboxylic acids is 1. The van der Waals surface area contributed by atoms with Crippen molar-refractivity contribution in [3.63, 3.8) is 0 Å². The van der Waals surface area contributed by atoms with Gasteiger partial charge in [0.1, 0.15) is 11.8 Å². The molecule has 0 aromatic carbocycles. The van der Waals surface area contributed by atoms with Crippen LogP contribution in [-0.4, -0.2) is 51.9 Å². The SMILES string of the molecule is CC(=O)N1CCN(c2ncnc3c2oc2nc(C)cc(C)c23)CC1. The van der Waals surface area contributed by atoms with Crippen LogP contribution in [0.4, 0.5) is 5.82 Å². The first kappa shape index (κ1) is 14.9. The molecule has 3 aromatic rings. The third-order valence-corrected chi connectivity index (χ3v) is 4.56. The molecule has 0 radical (unpaired) electrons. The van der Waals surface area contributed by atoms with E-state index in [1.54, 1.807) is 13.3 Å². The number of nitrogens with zero attached hydrogens (tertiary/aromatic N) is 5. The van der Waals surface area contributed by atoms with Crippen LogP contribution in [0.2, 0.25) is 0 Å². The number of furan rings is 1. The second-order valence-corrected chi connectivity index (χ2v) is 6.23. The molecule has 7 heteroatoms. The van der Waals surface area contributed by atoms with Crippen LogP contribution in [0.15, 0.2) is 16.8 Å². The van der Waals surface area contributed by atoms with Gasteiger partial charge in [0.2, 0.25) is 11.6 Å². The van der Waals surface area contributed by atoms with Crippen molar-refractivity contribution in [2.24, 2.45) is 0 Å². The Labute approximate surface area is 139 Å². The average molecular weight is 325 g/mol. The van der Waals surface area contributed by atoms with Gasteiger partial charge in [-0.1, -0.05) is 0 Å². The van der Waals surface area contributed by atoms with E-state index < -0.39 is 0 Å².